The number of amides is 1. The van der Waals surface area contributed by atoms with Gasteiger partial charge in [-0.3, -0.25) is 4.79 Å². The first-order valence-corrected chi connectivity index (χ1v) is 10.0. The molecule has 0 aliphatic carbocycles. The van der Waals surface area contributed by atoms with Crippen molar-refractivity contribution >= 4 is 22.6 Å². The summed E-state index contributed by atoms with van der Waals surface area (Å²) >= 11 is 0. The van der Waals surface area contributed by atoms with Crippen molar-refractivity contribution in [3.05, 3.63) is 112 Å². The van der Waals surface area contributed by atoms with Crippen LogP contribution in [0.2, 0.25) is 0 Å². The SMILES string of the molecule is O=C(O)c1ccc(Cc2ccc3ccc(C(=O)NCc4ccc(F)cc4)cc3c2O)cc1. The number of phenolic OH excluding ortho intramolecular Hbond substituents is 1. The Morgan fingerprint density at radius 1 is 0.812 bits per heavy atom. The van der Waals surface area contributed by atoms with Gasteiger partial charge in [-0.25, -0.2) is 9.18 Å². The fraction of sp³-hybridized carbons (Fsp3) is 0.0769. The van der Waals surface area contributed by atoms with Gasteiger partial charge in [0.15, 0.2) is 0 Å². The number of hydrogen-bond donors (Lipinski definition) is 3. The number of fused-ring (bicyclic) bond motifs is 1. The molecule has 0 aromatic heterocycles. The van der Waals surface area contributed by atoms with Crippen LogP contribution in [-0.2, 0) is 13.0 Å². The topological polar surface area (TPSA) is 86.6 Å². The number of nitrogens with one attached hydrogen (secondary N) is 1. The number of aromatic carboxylic acids is 1. The molecule has 0 aliphatic heterocycles. The van der Waals surface area contributed by atoms with Crippen molar-refractivity contribution in [3.63, 3.8) is 0 Å². The van der Waals surface area contributed by atoms with E-state index in [1.54, 1.807) is 42.5 Å². The molecule has 0 fully saturated rings. The number of phenols is 1. The summed E-state index contributed by atoms with van der Waals surface area (Å²) in [5.74, 6) is -1.54. The first-order valence-electron chi connectivity index (χ1n) is 10.0. The number of benzene rings is 4. The van der Waals surface area contributed by atoms with Crippen molar-refractivity contribution in [1.29, 1.82) is 0 Å². The van der Waals surface area contributed by atoms with Crippen molar-refractivity contribution < 1.29 is 24.2 Å². The maximum absolute atomic E-state index is 13.0. The molecule has 0 saturated carbocycles. The highest BCUT2D eigenvalue weighted by Gasteiger charge is 2.12. The number of halogens is 1. The fourth-order valence-electron chi connectivity index (χ4n) is 3.50. The molecule has 0 heterocycles. The number of carbonyl (C=O) groups is 2. The highest BCUT2D eigenvalue weighted by atomic mass is 19.1. The van der Waals surface area contributed by atoms with Crippen molar-refractivity contribution in [2.24, 2.45) is 0 Å². The summed E-state index contributed by atoms with van der Waals surface area (Å²) in [6.07, 6.45) is 0.419. The van der Waals surface area contributed by atoms with E-state index in [4.69, 9.17) is 5.11 Å². The molecular formula is C26H20FNO4. The number of aromatic hydroxyl groups is 1. The molecule has 0 spiro atoms. The normalized spacial score (nSPS) is 10.8. The molecule has 0 atom stereocenters. The Morgan fingerprint density at radius 3 is 2.12 bits per heavy atom. The number of rotatable bonds is 6. The van der Waals surface area contributed by atoms with Crippen LogP contribution < -0.4 is 5.32 Å². The molecule has 0 saturated heterocycles. The zero-order valence-electron chi connectivity index (χ0n) is 17.0. The van der Waals surface area contributed by atoms with E-state index in [0.29, 0.717) is 22.9 Å². The minimum absolute atomic E-state index is 0.0815. The van der Waals surface area contributed by atoms with E-state index >= 15 is 0 Å². The van der Waals surface area contributed by atoms with Gasteiger partial charge in [-0.1, -0.05) is 42.5 Å². The van der Waals surface area contributed by atoms with E-state index in [2.05, 4.69) is 5.32 Å². The minimum atomic E-state index is -0.990. The monoisotopic (exact) mass is 429 g/mol. The summed E-state index contributed by atoms with van der Waals surface area (Å²) < 4.78 is 13.0. The molecule has 0 unspecified atom stereocenters. The molecule has 3 N–H and O–H groups in total. The third kappa shape index (κ3) is 4.59. The van der Waals surface area contributed by atoms with E-state index in [9.17, 15) is 19.1 Å². The second-order valence-electron chi connectivity index (χ2n) is 7.50. The van der Waals surface area contributed by atoms with Crippen molar-refractivity contribution in [3.8, 4) is 5.75 Å². The average Bonchev–Trinajstić information content (AvgIpc) is 2.80. The number of carboxylic acids is 1. The minimum Gasteiger partial charge on any atom is -0.507 e. The predicted molar refractivity (Wildman–Crippen MR) is 119 cm³/mol. The van der Waals surface area contributed by atoms with Gasteiger partial charge in [-0.2, -0.15) is 0 Å². The lowest BCUT2D eigenvalue weighted by molar-refractivity contribution is 0.0696. The largest absolute Gasteiger partial charge is 0.507 e. The molecule has 0 bridgehead atoms. The van der Waals surface area contributed by atoms with Gasteiger partial charge in [0.2, 0.25) is 0 Å². The Bertz CT molecular complexity index is 1300. The lowest BCUT2D eigenvalue weighted by Gasteiger charge is -2.11. The third-order valence-corrected chi connectivity index (χ3v) is 5.30. The lowest BCUT2D eigenvalue weighted by atomic mass is 9.98. The highest BCUT2D eigenvalue weighted by molar-refractivity contribution is 6.00. The molecule has 1 amide bonds. The zero-order valence-corrected chi connectivity index (χ0v) is 17.0. The molecule has 0 aliphatic rings. The number of carbonyl (C=O) groups excluding carboxylic acids is 1. The molecule has 5 nitrogen and oxygen atoms in total. The maximum Gasteiger partial charge on any atom is 0.335 e. The van der Waals surface area contributed by atoms with Gasteiger partial charge in [-0.15, -0.1) is 0 Å². The van der Waals surface area contributed by atoms with Gasteiger partial charge in [0.25, 0.3) is 5.91 Å². The molecule has 32 heavy (non-hydrogen) atoms. The second-order valence-corrected chi connectivity index (χ2v) is 7.50. The van der Waals surface area contributed by atoms with Crippen LogP contribution in [0.3, 0.4) is 0 Å². The summed E-state index contributed by atoms with van der Waals surface area (Å²) in [5, 5.41) is 24.0. The number of hydrogen-bond acceptors (Lipinski definition) is 3. The lowest BCUT2D eigenvalue weighted by Crippen LogP contribution is -2.22. The average molecular weight is 429 g/mol. The van der Waals surface area contributed by atoms with Crippen LogP contribution in [0, 0.1) is 5.82 Å². The maximum atomic E-state index is 13.0. The van der Waals surface area contributed by atoms with Gasteiger partial charge in [0, 0.05) is 23.9 Å². The van der Waals surface area contributed by atoms with Gasteiger partial charge >= 0.3 is 5.97 Å². The third-order valence-electron chi connectivity index (χ3n) is 5.30. The summed E-state index contributed by atoms with van der Waals surface area (Å²) in [5.41, 5.74) is 2.91. The Morgan fingerprint density at radius 2 is 1.44 bits per heavy atom. The van der Waals surface area contributed by atoms with Gasteiger partial charge in [-0.05, 0) is 58.5 Å². The Labute approximate surface area is 183 Å². The molecule has 160 valence electrons. The molecule has 4 rings (SSSR count). The Kier molecular flexibility index (Phi) is 5.85. The first kappa shape index (κ1) is 21.1. The van der Waals surface area contributed by atoms with E-state index < -0.39 is 5.97 Å². The molecule has 4 aromatic rings. The summed E-state index contributed by atoms with van der Waals surface area (Å²) in [6, 6.07) is 21.2. The Hall–Kier alpha value is -4.19. The predicted octanol–water partition coefficient (Wildman–Crippen LogP) is 4.90. The van der Waals surface area contributed by atoms with Crippen molar-refractivity contribution in [2.75, 3.05) is 0 Å². The van der Waals surface area contributed by atoms with E-state index in [1.807, 2.05) is 12.1 Å². The van der Waals surface area contributed by atoms with Crippen LogP contribution in [0.25, 0.3) is 10.8 Å². The molecule has 6 heteroatoms. The Balaban J connectivity index is 1.54. The smallest absolute Gasteiger partial charge is 0.335 e. The van der Waals surface area contributed by atoms with Crippen molar-refractivity contribution in [1.82, 2.24) is 5.32 Å². The van der Waals surface area contributed by atoms with Crippen LogP contribution in [0.15, 0.2) is 78.9 Å². The fourth-order valence-corrected chi connectivity index (χ4v) is 3.50. The quantitative estimate of drug-likeness (QED) is 0.407. The van der Waals surface area contributed by atoms with Crippen LogP contribution in [0.5, 0.6) is 5.75 Å². The molecule has 0 radical (unpaired) electrons. The number of carboxylic acid groups (broad SMARTS) is 1. The molecule has 4 aromatic carbocycles. The van der Waals surface area contributed by atoms with Crippen LogP contribution in [-0.4, -0.2) is 22.1 Å². The standard InChI is InChI=1S/C26H20FNO4/c27-22-11-3-17(4-12-22)15-28-25(30)21-10-8-18-7-9-20(24(29)23(18)14-21)13-16-1-5-19(6-2-16)26(31)32/h1-12,14,29H,13,15H2,(H,28,30)(H,31,32). The van der Waals surface area contributed by atoms with E-state index in [1.165, 1.54) is 24.3 Å². The highest BCUT2D eigenvalue weighted by Crippen LogP contribution is 2.31. The van der Waals surface area contributed by atoms with E-state index in [-0.39, 0.29) is 29.6 Å². The van der Waals surface area contributed by atoms with Crippen molar-refractivity contribution in [2.45, 2.75) is 13.0 Å². The summed E-state index contributed by atoms with van der Waals surface area (Å²) in [4.78, 5) is 23.6. The van der Waals surface area contributed by atoms with Gasteiger partial charge < -0.3 is 15.5 Å². The summed E-state index contributed by atoms with van der Waals surface area (Å²) in [7, 11) is 0. The van der Waals surface area contributed by atoms with Gasteiger partial charge in [0.1, 0.15) is 11.6 Å². The van der Waals surface area contributed by atoms with Crippen LogP contribution in [0.1, 0.15) is 37.4 Å². The molecular weight excluding hydrogens is 409 g/mol. The van der Waals surface area contributed by atoms with E-state index in [0.717, 1.165) is 16.5 Å². The van der Waals surface area contributed by atoms with Gasteiger partial charge in [0.05, 0.1) is 5.56 Å². The second kappa shape index (κ2) is 8.89. The first-order chi connectivity index (χ1) is 15.4. The zero-order chi connectivity index (χ0) is 22.7. The van der Waals surface area contributed by atoms with Crippen LogP contribution >= 0.6 is 0 Å². The van der Waals surface area contributed by atoms with Crippen LogP contribution in [0.4, 0.5) is 4.39 Å². The summed E-state index contributed by atoms with van der Waals surface area (Å²) in [6.45, 7) is 0.259.